The minimum absolute atomic E-state index is 0.216. The molecule has 5 heteroatoms. The molecule has 1 N–H and O–H groups in total. The predicted octanol–water partition coefficient (Wildman–Crippen LogP) is -0.860. The molecular weight excluding hydrogens is 136 g/mol. The lowest BCUT2D eigenvalue weighted by Gasteiger charge is -2.04. The maximum absolute atomic E-state index is 10.7. The van der Waals surface area contributed by atoms with Gasteiger partial charge in [0.1, 0.15) is 0 Å². The number of ether oxygens (including phenoxy) is 1. The number of amides is 2. The first-order valence-corrected chi connectivity index (χ1v) is 2.85. The summed E-state index contributed by atoms with van der Waals surface area (Å²) in [5.41, 5.74) is 0. The van der Waals surface area contributed by atoms with E-state index < -0.39 is 6.23 Å². The van der Waals surface area contributed by atoms with Crippen molar-refractivity contribution in [3.63, 3.8) is 0 Å². The van der Waals surface area contributed by atoms with Crippen LogP contribution in [0.4, 0.5) is 4.79 Å². The van der Waals surface area contributed by atoms with Crippen molar-refractivity contribution in [1.82, 2.24) is 10.2 Å². The Labute approximate surface area is 57.9 Å². The van der Waals surface area contributed by atoms with E-state index in [0.29, 0.717) is 13.0 Å². The zero-order valence-corrected chi connectivity index (χ0v) is 5.53. The molecule has 1 heterocycles. The van der Waals surface area contributed by atoms with Crippen LogP contribution in [0.1, 0.15) is 0 Å². The second kappa shape index (κ2) is 2.55. The van der Waals surface area contributed by atoms with Crippen LogP contribution in [-0.4, -0.2) is 37.2 Å². The Hall–Kier alpha value is -1.26. The monoisotopic (exact) mass is 144 g/mol. The highest BCUT2D eigenvalue weighted by Gasteiger charge is 2.25. The molecule has 1 unspecified atom stereocenters. The van der Waals surface area contributed by atoms with E-state index in [0.717, 1.165) is 0 Å². The molecule has 0 radical (unpaired) electrons. The van der Waals surface area contributed by atoms with Gasteiger partial charge in [-0.05, 0) is 0 Å². The summed E-state index contributed by atoms with van der Waals surface area (Å²) in [6.07, 6.45) is -0.477. The van der Waals surface area contributed by atoms with E-state index in [1.807, 2.05) is 0 Å². The van der Waals surface area contributed by atoms with Gasteiger partial charge in [-0.3, -0.25) is 4.79 Å². The topological polar surface area (TPSA) is 58.6 Å². The van der Waals surface area contributed by atoms with Crippen molar-refractivity contribution < 1.29 is 14.3 Å². The van der Waals surface area contributed by atoms with Crippen LogP contribution in [0.2, 0.25) is 0 Å². The molecule has 1 rings (SSSR count). The van der Waals surface area contributed by atoms with Crippen molar-refractivity contribution >= 4 is 12.5 Å². The van der Waals surface area contributed by atoms with Gasteiger partial charge >= 0.3 is 6.03 Å². The van der Waals surface area contributed by atoms with Crippen molar-refractivity contribution in [3.8, 4) is 0 Å². The van der Waals surface area contributed by atoms with Crippen LogP contribution in [0.5, 0.6) is 0 Å². The van der Waals surface area contributed by atoms with Crippen LogP contribution in [0.3, 0.4) is 0 Å². The fraction of sp³-hybridized carbons (Fsp3) is 0.600. The largest absolute Gasteiger partial charge is 0.442 e. The number of hydrogen-bond donors (Lipinski definition) is 1. The first-order chi connectivity index (χ1) is 4.74. The number of nitrogens with zero attached hydrogens (tertiary/aromatic N) is 1. The number of carbonyl (C=O) groups is 2. The Bertz CT molecular complexity index is 159. The highest BCUT2D eigenvalue weighted by atomic mass is 16.5. The average molecular weight is 144 g/mol. The fourth-order valence-electron chi connectivity index (χ4n) is 0.769. The van der Waals surface area contributed by atoms with Crippen LogP contribution in [0, 0.1) is 0 Å². The lowest BCUT2D eigenvalue weighted by atomic mass is 10.6. The van der Waals surface area contributed by atoms with Gasteiger partial charge < -0.3 is 15.0 Å². The van der Waals surface area contributed by atoms with Gasteiger partial charge in [0.2, 0.25) is 0 Å². The van der Waals surface area contributed by atoms with E-state index >= 15 is 0 Å². The summed E-state index contributed by atoms with van der Waals surface area (Å²) in [6, 6.07) is -0.216. The van der Waals surface area contributed by atoms with E-state index in [1.54, 1.807) is 7.05 Å². The van der Waals surface area contributed by atoms with Crippen molar-refractivity contribution in [2.75, 3.05) is 13.6 Å². The minimum atomic E-state index is -0.477. The van der Waals surface area contributed by atoms with Crippen molar-refractivity contribution in [2.45, 2.75) is 6.23 Å². The lowest BCUT2D eigenvalue weighted by molar-refractivity contribution is -0.133. The molecule has 0 aromatic carbocycles. The van der Waals surface area contributed by atoms with Gasteiger partial charge in [0.25, 0.3) is 6.47 Å². The first kappa shape index (κ1) is 6.85. The summed E-state index contributed by atoms with van der Waals surface area (Å²) in [4.78, 5) is 21.9. The van der Waals surface area contributed by atoms with E-state index in [2.05, 4.69) is 10.1 Å². The van der Waals surface area contributed by atoms with Crippen LogP contribution in [0.15, 0.2) is 0 Å². The van der Waals surface area contributed by atoms with Gasteiger partial charge in [0.05, 0.1) is 6.54 Å². The number of likely N-dealkylation sites (N-methyl/N-ethyl adjacent to an activating group) is 1. The van der Waals surface area contributed by atoms with Gasteiger partial charge in [-0.1, -0.05) is 0 Å². The Kier molecular flexibility index (Phi) is 1.75. The third kappa shape index (κ3) is 1.18. The second-order valence-corrected chi connectivity index (χ2v) is 2.05. The average Bonchev–Trinajstić information content (AvgIpc) is 2.14. The van der Waals surface area contributed by atoms with Gasteiger partial charge in [-0.25, -0.2) is 4.79 Å². The molecule has 0 aromatic heterocycles. The van der Waals surface area contributed by atoms with E-state index in [1.165, 1.54) is 4.90 Å². The molecule has 0 bridgehead atoms. The number of hydrogen-bond acceptors (Lipinski definition) is 3. The highest BCUT2D eigenvalue weighted by molar-refractivity contribution is 5.76. The molecule has 1 aliphatic rings. The van der Waals surface area contributed by atoms with Crippen LogP contribution >= 0.6 is 0 Å². The molecule has 0 spiro atoms. The fourth-order valence-corrected chi connectivity index (χ4v) is 0.769. The van der Waals surface area contributed by atoms with Gasteiger partial charge in [0, 0.05) is 7.05 Å². The Balaban J connectivity index is 2.41. The summed E-state index contributed by atoms with van der Waals surface area (Å²) >= 11 is 0. The summed E-state index contributed by atoms with van der Waals surface area (Å²) in [6.45, 7) is 0.738. The third-order valence-electron chi connectivity index (χ3n) is 1.29. The minimum Gasteiger partial charge on any atom is -0.442 e. The molecule has 2 amide bonds. The smallest absolute Gasteiger partial charge is 0.320 e. The Morgan fingerprint density at radius 3 is 3.00 bits per heavy atom. The molecule has 1 fully saturated rings. The molecular formula is C5H8N2O3. The summed E-state index contributed by atoms with van der Waals surface area (Å²) in [5, 5.41) is 2.44. The second-order valence-electron chi connectivity index (χ2n) is 2.05. The molecule has 56 valence electrons. The molecule has 10 heavy (non-hydrogen) atoms. The molecule has 0 aromatic rings. The Morgan fingerprint density at radius 2 is 2.60 bits per heavy atom. The number of urea groups is 1. The van der Waals surface area contributed by atoms with Gasteiger partial charge in [-0.15, -0.1) is 0 Å². The van der Waals surface area contributed by atoms with Crippen molar-refractivity contribution in [2.24, 2.45) is 0 Å². The zero-order valence-electron chi connectivity index (χ0n) is 5.53. The summed E-state index contributed by atoms with van der Waals surface area (Å²) < 4.78 is 4.49. The zero-order chi connectivity index (χ0) is 7.56. The summed E-state index contributed by atoms with van der Waals surface area (Å²) in [7, 11) is 1.63. The summed E-state index contributed by atoms with van der Waals surface area (Å²) in [5.74, 6) is 0. The molecule has 0 aliphatic carbocycles. The van der Waals surface area contributed by atoms with Crippen molar-refractivity contribution in [1.29, 1.82) is 0 Å². The maximum Gasteiger partial charge on any atom is 0.320 e. The quantitative estimate of drug-likeness (QED) is 0.513. The predicted molar refractivity (Wildman–Crippen MR) is 32.1 cm³/mol. The molecule has 0 saturated carbocycles. The van der Waals surface area contributed by atoms with Crippen LogP contribution < -0.4 is 5.32 Å². The van der Waals surface area contributed by atoms with E-state index in [4.69, 9.17) is 0 Å². The van der Waals surface area contributed by atoms with Gasteiger partial charge in [-0.2, -0.15) is 0 Å². The van der Waals surface area contributed by atoms with Crippen LogP contribution in [-0.2, 0) is 9.53 Å². The lowest BCUT2D eigenvalue weighted by Crippen LogP contribution is -2.28. The first-order valence-electron chi connectivity index (χ1n) is 2.85. The van der Waals surface area contributed by atoms with Crippen LogP contribution in [0.25, 0.3) is 0 Å². The molecule has 1 aliphatic heterocycles. The third-order valence-corrected chi connectivity index (χ3v) is 1.29. The molecule has 1 atom stereocenters. The normalized spacial score (nSPS) is 24.3. The van der Waals surface area contributed by atoms with Crippen molar-refractivity contribution in [3.05, 3.63) is 0 Å². The van der Waals surface area contributed by atoms with Gasteiger partial charge in [0.15, 0.2) is 6.23 Å². The standard InChI is InChI=1S/C5H8N2O3/c1-7-2-4(10-3-8)6-5(7)9/h3-4H,2H2,1H3,(H,6,9). The molecule has 1 saturated heterocycles. The van der Waals surface area contributed by atoms with E-state index in [9.17, 15) is 9.59 Å². The molecule has 5 nitrogen and oxygen atoms in total. The maximum atomic E-state index is 10.7. The Morgan fingerprint density at radius 1 is 1.90 bits per heavy atom. The SMILES string of the molecule is CN1CC(OC=O)NC1=O. The number of nitrogens with one attached hydrogen (secondary N) is 1. The number of carbonyl (C=O) groups excluding carboxylic acids is 2. The van der Waals surface area contributed by atoms with E-state index in [-0.39, 0.29) is 6.03 Å². The number of rotatable bonds is 2. The highest BCUT2D eigenvalue weighted by Crippen LogP contribution is 1.99.